The molecule has 1 aromatic carbocycles. The highest BCUT2D eigenvalue weighted by Crippen LogP contribution is 2.33. The molecule has 230 valence electrons. The summed E-state index contributed by atoms with van der Waals surface area (Å²) in [6, 6.07) is 7.54. The molecule has 1 atom stereocenters. The van der Waals surface area contributed by atoms with Gasteiger partial charge in [0.05, 0.1) is 41.0 Å². The molecule has 2 N–H and O–H groups in total. The van der Waals surface area contributed by atoms with Gasteiger partial charge in [0.2, 0.25) is 29.5 Å². The van der Waals surface area contributed by atoms with Crippen LogP contribution in [0, 0.1) is 12.8 Å². The highest BCUT2D eigenvalue weighted by molar-refractivity contribution is 5.99. The normalized spacial score (nSPS) is 16.3. The Bertz CT molecular complexity index is 1470. The molecule has 1 aliphatic rings. The maximum absolute atomic E-state index is 13.7. The number of nitrogens with zero attached hydrogens (tertiary/aromatic N) is 3. The summed E-state index contributed by atoms with van der Waals surface area (Å²) in [5, 5.41) is 5.63. The van der Waals surface area contributed by atoms with Gasteiger partial charge in [-0.1, -0.05) is 13.8 Å². The number of fused-ring (bicyclic) bond motifs is 5. The van der Waals surface area contributed by atoms with Gasteiger partial charge in [0, 0.05) is 18.2 Å². The standard InChI is InChI=1S/C30H37N5O8/c1-17(2)26-27(37)31-15-21-18(3)43-28(32-21)19-8-10-22(39-4)23(14-19)42-13-7-12-35(16-24(36)33-26)30(38)20-9-11-25(40-5)34-29(20)41-6/h8-11,14,17,26H,7,12-13,15-16H2,1-6H3,(H,31,37)(H,33,36)/t26-/m0/s1. The van der Waals surface area contributed by atoms with E-state index in [1.54, 1.807) is 25.1 Å². The number of amides is 3. The molecule has 13 nitrogen and oxygen atoms in total. The van der Waals surface area contributed by atoms with E-state index in [0.717, 1.165) is 0 Å². The Hall–Kier alpha value is -4.81. The van der Waals surface area contributed by atoms with Crippen LogP contribution in [0.15, 0.2) is 34.7 Å². The third-order valence-electron chi connectivity index (χ3n) is 6.92. The van der Waals surface area contributed by atoms with Crippen LogP contribution in [0.5, 0.6) is 23.3 Å². The number of hydrogen-bond donors (Lipinski definition) is 2. The van der Waals surface area contributed by atoms with Crippen molar-refractivity contribution in [3.8, 4) is 34.7 Å². The Balaban J connectivity index is 1.67. The first-order valence-electron chi connectivity index (χ1n) is 13.9. The van der Waals surface area contributed by atoms with Crippen LogP contribution in [0.3, 0.4) is 0 Å². The number of carbonyl (C=O) groups excluding carboxylic acids is 3. The maximum atomic E-state index is 13.7. The van der Waals surface area contributed by atoms with E-state index in [1.165, 1.54) is 38.4 Å². The van der Waals surface area contributed by atoms with E-state index >= 15 is 0 Å². The molecule has 3 amide bonds. The summed E-state index contributed by atoms with van der Waals surface area (Å²) in [6.07, 6.45) is 0.370. The second-order valence-electron chi connectivity index (χ2n) is 10.2. The Morgan fingerprint density at radius 1 is 1.07 bits per heavy atom. The number of pyridine rings is 1. The van der Waals surface area contributed by atoms with E-state index in [1.807, 2.05) is 13.8 Å². The predicted molar refractivity (Wildman–Crippen MR) is 155 cm³/mol. The Morgan fingerprint density at radius 2 is 1.86 bits per heavy atom. The molecule has 3 heterocycles. The average molecular weight is 596 g/mol. The molecule has 0 aliphatic carbocycles. The SMILES string of the molecule is COc1ccc(C(=O)N2CCCOc3cc(ccc3OC)-c3nc(c(C)o3)CNC(=O)[C@H](C(C)C)NC(=O)C2)c(OC)n1. The van der Waals surface area contributed by atoms with E-state index in [-0.39, 0.29) is 55.4 Å². The van der Waals surface area contributed by atoms with Gasteiger partial charge in [-0.15, -0.1) is 0 Å². The zero-order valence-electron chi connectivity index (χ0n) is 25.2. The number of hydrogen-bond acceptors (Lipinski definition) is 10. The van der Waals surface area contributed by atoms with Crippen molar-refractivity contribution in [1.29, 1.82) is 0 Å². The minimum absolute atomic E-state index is 0.0609. The first kappa shape index (κ1) is 31.1. The van der Waals surface area contributed by atoms with Crippen molar-refractivity contribution in [1.82, 2.24) is 25.5 Å². The van der Waals surface area contributed by atoms with Gasteiger partial charge >= 0.3 is 0 Å². The molecule has 2 aromatic heterocycles. The third kappa shape index (κ3) is 7.34. The quantitative estimate of drug-likeness (QED) is 0.450. The molecule has 0 fully saturated rings. The van der Waals surface area contributed by atoms with Crippen LogP contribution in [0.2, 0.25) is 0 Å². The van der Waals surface area contributed by atoms with Crippen molar-refractivity contribution < 1.29 is 37.7 Å². The van der Waals surface area contributed by atoms with Crippen LogP contribution in [0.1, 0.15) is 42.1 Å². The number of nitrogens with one attached hydrogen (secondary N) is 2. The van der Waals surface area contributed by atoms with Crippen molar-refractivity contribution in [3.63, 3.8) is 0 Å². The van der Waals surface area contributed by atoms with Gasteiger partial charge in [0.25, 0.3) is 5.91 Å². The lowest BCUT2D eigenvalue weighted by Crippen LogP contribution is -2.52. The van der Waals surface area contributed by atoms with Gasteiger partial charge in [-0.3, -0.25) is 14.4 Å². The molecule has 4 bridgehead atoms. The minimum atomic E-state index is -0.848. The number of aryl methyl sites for hydroxylation is 1. The summed E-state index contributed by atoms with van der Waals surface area (Å²) >= 11 is 0. The van der Waals surface area contributed by atoms with Crippen LogP contribution < -0.4 is 29.6 Å². The number of methoxy groups -OCH3 is 3. The van der Waals surface area contributed by atoms with E-state index in [4.69, 9.17) is 23.4 Å². The lowest BCUT2D eigenvalue weighted by atomic mass is 10.0. The highest BCUT2D eigenvalue weighted by Gasteiger charge is 2.28. The van der Waals surface area contributed by atoms with Crippen molar-refractivity contribution in [2.75, 3.05) is 41.0 Å². The zero-order chi connectivity index (χ0) is 31.1. The van der Waals surface area contributed by atoms with E-state index in [2.05, 4.69) is 20.6 Å². The van der Waals surface area contributed by atoms with E-state index in [0.29, 0.717) is 40.8 Å². The topological polar surface area (TPSA) is 154 Å². The summed E-state index contributed by atoms with van der Waals surface area (Å²) in [4.78, 5) is 50.3. The van der Waals surface area contributed by atoms with Crippen LogP contribution >= 0.6 is 0 Å². The smallest absolute Gasteiger partial charge is 0.259 e. The van der Waals surface area contributed by atoms with Gasteiger partial charge in [-0.25, -0.2) is 4.98 Å². The summed E-state index contributed by atoms with van der Waals surface area (Å²) in [5.74, 6) is 0.630. The van der Waals surface area contributed by atoms with Gasteiger partial charge in [-0.2, -0.15) is 4.98 Å². The third-order valence-corrected chi connectivity index (χ3v) is 6.92. The first-order chi connectivity index (χ1) is 20.6. The van der Waals surface area contributed by atoms with Crippen molar-refractivity contribution >= 4 is 17.7 Å². The summed E-state index contributed by atoms with van der Waals surface area (Å²) in [5.41, 5.74) is 1.38. The van der Waals surface area contributed by atoms with Gasteiger partial charge < -0.3 is 38.9 Å². The van der Waals surface area contributed by atoms with Crippen molar-refractivity contribution in [2.24, 2.45) is 5.92 Å². The molecule has 0 saturated carbocycles. The van der Waals surface area contributed by atoms with Gasteiger partial charge in [0.15, 0.2) is 11.5 Å². The van der Waals surface area contributed by atoms with Crippen molar-refractivity contribution in [2.45, 2.75) is 39.8 Å². The Morgan fingerprint density at radius 3 is 2.56 bits per heavy atom. The maximum Gasteiger partial charge on any atom is 0.259 e. The number of benzene rings is 1. The Kier molecular flexibility index (Phi) is 10.1. The second-order valence-corrected chi connectivity index (χ2v) is 10.2. The number of rotatable bonds is 5. The predicted octanol–water partition coefficient (Wildman–Crippen LogP) is 2.75. The average Bonchev–Trinajstić information content (AvgIpc) is 3.38. The molecule has 0 spiro atoms. The molecule has 43 heavy (non-hydrogen) atoms. The van der Waals surface area contributed by atoms with Gasteiger partial charge in [-0.05, 0) is 43.5 Å². The lowest BCUT2D eigenvalue weighted by molar-refractivity contribution is -0.130. The molecule has 1 aliphatic heterocycles. The summed E-state index contributed by atoms with van der Waals surface area (Å²) in [6.45, 7) is 5.57. The zero-order valence-corrected chi connectivity index (χ0v) is 25.2. The van der Waals surface area contributed by atoms with Gasteiger partial charge in [0.1, 0.15) is 23.1 Å². The monoisotopic (exact) mass is 595 g/mol. The van der Waals surface area contributed by atoms with E-state index < -0.39 is 17.9 Å². The number of aromatic nitrogens is 2. The van der Waals surface area contributed by atoms with E-state index in [9.17, 15) is 14.4 Å². The van der Waals surface area contributed by atoms with Crippen LogP contribution in [0.4, 0.5) is 0 Å². The molecule has 13 heteroatoms. The molecule has 3 aromatic rings. The molecular weight excluding hydrogens is 558 g/mol. The van der Waals surface area contributed by atoms with Crippen LogP contribution in [-0.4, -0.2) is 79.7 Å². The lowest BCUT2D eigenvalue weighted by Gasteiger charge is -2.26. The van der Waals surface area contributed by atoms with Crippen molar-refractivity contribution in [3.05, 3.63) is 47.3 Å². The van der Waals surface area contributed by atoms with Crippen LogP contribution in [0.25, 0.3) is 11.5 Å². The molecule has 0 radical (unpaired) electrons. The molecule has 0 saturated heterocycles. The first-order valence-corrected chi connectivity index (χ1v) is 13.9. The molecular formula is C30H37N5O8. The Labute approximate surface area is 249 Å². The highest BCUT2D eigenvalue weighted by atomic mass is 16.5. The number of carbonyl (C=O) groups is 3. The largest absolute Gasteiger partial charge is 0.493 e. The fraction of sp³-hybridized carbons (Fsp3) is 0.433. The fourth-order valence-electron chi connectivity index (χ4n) is 4.56. The number of ether oxygens (including phenoxy) is 4. The molecule has 0 unspecified atom stereocenters. The van der Waals surface area contributed by atoms with Crippen LogP contribution in [-0.2, 0) is 16.1 Å². The number of oxazole rings is 1. The molecule has 4 rings (SSSR count). The fourth-order valence-corrected chi connectivity index (χ4v) is 4.56. The minimum Gasteiger partial charge on any atom is -0.493 e. The summed E-state index contributed by atoms with van der Waals surface area (Å²) in [7, 11) is 4.39. The summed E-state index contributed by atoms with van der Waals surface area (Å²) < 4.78 is 27.9. The second kappa shape index (κ2) is 13.9.